The second-order valence-corrected chi connectivity index (χ2v) is 11.9. The van der Waals surface area contributed by atoms with Crippen molar-refractivity contribution < 1.29 is 26.4 Å². The monoisotopic (exact) mass is 493 g/mol. The Morgan fingerprint density at radius 2 is 1.64 bits per heavy atom. The van der Waals surface area contributed by atoms with Gasteiger partial charge in [0.25, 0.3) is 10.0 Å². The predicted octanol–water partition coefficient (Wildman–Crippen LogP) is 3.18. The van der Waals surface area contributed by atoms with E-state index in [0.29, 0.717) is 36.4 Å². The second kappa shape index (κ2) is 8.96. The minimum Gasteiger partial charge on any atom is -0.450 e. The molecule has 0 unspecified atom stereocenters. The summed E-state index contributed by atoms with van der Waals surface area (Å²) in [5, 5.41) is 2.53. The number of hydrogen-bond acceptors (Lipinski definition) is 6. The Morgan fingerprint density at radius 3 is 2.27 bits per heavy atom. The molecule has 1 fully saturated rings. The molecule has 2 aliphatic heterocycles. The van der Waals surface area contributed by atoms with Gasteiger partial charge in [-0.3, -0.25) is 9.62 Å². The van der Waals surface area contributed by atoms with Gasteiger partial charge in [-0.2, -0.15) is 4.31 Å². The predicted molar refractivity (Wildman–Crippen MR) is 124 cm³/mol. The number of rotatable bonds is 6. The van der Waals surface area contributed by atoms with Crippen LogP contribution in [0.3, 0.4) is 0 Å². The van der Waals surface area contributed by atoms with Gasteiger partial charge < -0.3 is 4.74 Å². The summed E-state index contributed by atoms with van der Waals surface area (Å²) in [5.74, 6) is 0. The molecule has 1 amide bonds. The van der Waals surface area contributed by atoms with Gasteiger partial charge in [0.2, 0.25) is 10.0 Å². The van der Waals surface area contributed by atoms with E-state index in [1.54, 1.807) is 26.0 Å². The topological polar surface area (TPSA) is 113 Å². The Kier molecular flexibility index (Phi) is 6.39. The van der Waals surface area contributed by atoms with Gasteiger partial charge in [-0.05, 0) is 81.1 Å². The summed E-state index contributed by atoms with van der Waals surface area (Å²) in [6.07, 6.45) is 1.50. The van der Waals surface area contributed by atoms with Crippen molar-refractivity contribution >= 4 is 37.5 Å². The van der Waals surface area contributed by atoms with Crippen molar-refractivity contribution in [2.24, 2.45) is 0 Å². The fourth-order valence-corrected chi connectivity index (χ4v) is 7.55. The third-order valence-corrected chi connectivity index (χ3v) is 9.68. The summed E-state index contributed by atoms with van der Waals surface area (Å²) in [6.45, 7) is 4.73. The normalized spacial score (nSPS) is 18.8. The van der Waals surface area contributed by atoms with Crippen LogP contribution in [0.4, 0.5) is 16.2 Å². The van der Waals surface area contributed by atoms with Gasteiger partial charge in [0.1, 0.15) is 0 Å². The number of amides is 1. The molecule has 2 heterocycles. The molecule has 0 saturated carbocycles. The average Bonchev–Trinajstić information content (AvgIpc) is 3.41. The van der Waals surface area contributed by atoms with Crippen LogP contribution in [0.5, 0.6) is 0 Å². The number of anilines is 2. The van der Waals surface area contributed by atoms with Gasteiger partial charge in [0.15, 0.2) is 0 Å². The molecule has 2 aliphatic rings. The lowest BCUT2D eigenvalue weighted by atomic mass is 10.1. The lowest BCUT2D eigenvalue weighted by Crippen LogP contribution is -2.35. The third-order valence-electron chi connectivity index (χ3n) is 5.84. The molecule has 4 rings (SSSR count). The zero-order chi connectivity index (χ0) is 23.8. The standard InChI is InChI=1S/C22H27N3O6S2/c1-3-31-22(26)23-18-6-8-19(9-7-18)33(29,30)25-16(2)14-17-15-20(10-11-21(17)25)32(27,28)24-12-4-5-13-24/h6-11,15-16H,3-5,12-14H2,1-2H3,(H,23,26)/t16-/m1/s1. The number of ether oxygens (including phenoxy) is 1. The molecule has 1 N–H and O–H groups in total. The quantitative estimate of drug-likeness (QED) is 0.661. The highest BCUT2D eigenvalue weighted by Crippen LogP contribution is 2.38. The fourth-order valence-electron chi connectivity index (χ4n) is 4.29. The Labute approximate surface area is 194 Å². The number of fused-ring (bicyclic) bond motifs is 1. The van der Waals surface area contributed by atoms with Crippen molar-refractivity contribution in [3.63, 3.8) is 0 Å². The lowest BCUT2D eigenvalue weighted by Gasteiger charge is -2.24. The fraction of sp³-hybridized carbons (Fsp3) is 0.409. The number of carbonyl (C=O) groups excluding carboxylic acids is 1. The van der Waals surface area contributed by atoms with Crippen LogP contribution in [0.15, 0.2) is 52.3 Å². The molecule has 2 aromatic rings. The molecule has 0 spiro atoms. The van der Waals surface area contributed by atoms with E-state index in [4.69, 9.17) is 4.74 Å². The number of nitrogens with one attached hydrogen (secondary N) is 1. The van der Waals surface area contributed by atoms with E-state index >= 15 is 0 Å². The third kappa shape index (κ3) is 4.44. The van der Waals surface area contributed by atoms with Crippen LogP contribution in [0, 0.1) is 0 Å². The number of benzene rings is 2. The molecule has 178 valence electrons. The van der Waals surface area contributed by atoms with E-state index in [0.717, 1.165) is 12.8 Å². The number of hydrogen-bond donors (Lipinski definition) is 1. The molecule has 1 atom stereocenters. The SMILES string of the molecule is CCOC(=O)Nc1ccc(S(=O)(=O)N2c3ccc(S(=O)(=O)N4CCCC4)cc3C[C@H]2C)cc1. The molecule has 11 heteroatoms. The zero-order valence-corrected chi connectivity index (χ0v) is 20.2. The Hall–Kier alpha value is -2.63. The first-order valence-corrected chi connectivity index (χ1v) is 13.7. The summed E-state index contributed by atoms with van der Waals surface area (Å²) in [4.78, 5) is 11.8. The van der Waals surface area contributed by atoms with Crippen LogP contribution in [0.25, 0.3) is 0 Å². The highest BCUT2D eigenvalue weighted by atomic mass is 32.2. The molecule has 0 aromatic heterocycles. The molecule has 33 heavy (non-hydrogen) atoms. The first-order valence-electron chi connectivity index (χ1n) is 10.9. The van der Waals surface area contributed by atoms with E-state index in [1.165, 1.54) is 38.9 Å². The van der Waals surface area contributed by atoms with E-state index < -0.39 is 26.1 Å². The summed E-state index contributed by atoms with van der Waals surface area (Å²) < 4.78 is 60.3. The molecular formula is C22H27N3O6S2. The molecular weight excluding hydrogens is 466 g/mol. The van der Waals surface area contributed by atoms with E-state index in [2.05, 4.69) is 5.32 Å². The van der Waals surface area contributed by atoms with Gasteiger partial charge in [0.05, 0.1) is 22.1 Å². The summed E-state index contributed by atoms with van der Waals surface area (Å²) in [5.41, 5.74) is 1.59. The van der Waals surface area contributed by atoms with Gasteiger partial charge in [0, 0.05) is 24.8 Å². The van der Waals surface area contributed by atoms with Crippen LogP contribution in [0.2, 0.25) is 0 Å². The Balaban J connectivity index is 1.61. The molecule has 0 bridgehead atoms. The highest BCUT2D eigenvalue weighted by Gasteiger charge is 2.37. The number of carbonyl (C=O) groups is 1. The lowest BCUT2D eigenvalue weighted by molar-refractivity contribution is 0.168. The van der Waals surface area contributed by atoms with Crippen LogP contribution in [0.1, 0.15) is 32.3 Å². The van der Waals surface area contributed by atoms with E-state index in [9.17, 15) is 21.6 Å². The molecule has 9 nitrogen and oxygen atoms in total. The summed E-state index contributed by atoms with van der Waals surface area (Å²) >= 11 is 0. The van der Waals surface area contributed by atoms with Crippen molar-refractivity contribution in [2.75, 3.05) is 29.3 Å². The largest absolute Gasteiger partial charge is 0.450 e. The average molecular weight is 494 g/mol. The summed E-state index contributed by atoms with van der Waals surface area (Å²) in [6, 6.07) is 10.1. The number of sulfonamides is 2. The highest BCUT2D eigenvalue weighted by molar-refractivity contribution is 7.93. The van der Waals surface area contributed by atoms with Crippen molar-refractivity contribution in [3.8, 4) is 0 Å². The van der Waals surface area contributed by atoms with Crippen LogP contribution < -0.4 is 9.62 Å². The van der Waals surface area contributed by atoms with Gasteiger partial charge in [-0.1, -0.05) is 0 Å². The van der Waals surface area contributed by atoms with Crippen LogP contribution >= 0.6 is 0 Å². The van der Waals surface area contributed by atoms with Gasteiger partial charge in [-0.25, -0.2) is 21.6 Å². The van der Waals surface area contributed by atoms with Crippen molar-refractivity contribution in [2.45, 2.75) is 48.9 Å². The Bertz CT molecular complexity index is 1250. The van der Waals surface area contributed by atoms with Crippen molar-refractivity contribution in [1.29, 1.82) is 0 Å². The number of nitrogens with zero attached hydrogens (tertiary/aromatic N) is 2. The first kappa shape index (κ1) is 23.5. The smallest absolute Gasteiger partial charge is 0.411 e. The minimum atomic E-state index is -3.89. The maximum Gasteiger partial charge on any atom is 0.411 e. The molecule has 0 aliphatic carbocycles. The zero-order valence-electron chi connectivity index (χ0n) is 18.5. The van der Waals surface area contributed by atoms with E-state index in [1.807, 2.05) is 0 Å². The van der Waals surface area contributed by atoms with E-state index in [-0.39, 0.29) is 22.4 Å². The van der Waals surface area contributed by atoms with Gasteiger partial charge in [-0.15, -0.1) is 0 Å². The molecule has 2 aromatic carbocycles. The maximum absolute atomic E-state index is 13.4. The van der Waals surface area contributed by atoms with Gasteiger partial charge >= 0.3 is 6.09 Å². The summed E-state index contributed by atoms with van der Waals surface area (Å²) in [7, 11) is -7.47. The van der Waals surface area contributed by atoms with Crippen molar-refractivity contribution in [3.05, 3.63) is 48.0 Å². The van der Waals surface area contributed by atoms with Crippen LogP contribution in [-0.4, -0.2) is 53.0 Å². The second-order valence-electron chi connectivity index (χ2n) is 8.13. The first-order chi connectivity index (χ1) is 15.6. The van der Waals surface area contributed by atoms with Crippen LogP contribution in [-0.2, 0) is 31.2 Å². The molecule has 1 saturated heterocycles. The Morgan fingerprint density at radius 1 is 1.00 bits per heavy atom. The van der Waals surface area contributed by atoms with Crippen molar-refractivity contribution in [1.82, 2.24) is 4.31 Å². The molecule has 0 radical (unpaired) electrons. The maximum atomic E-state index is 13.4. The minimum absolute atomic E-state index is 0.0744.